The van der Waals surface area contributed by atoms with E-state index < -0.39 is 11.7 Å². The van der Waals surface area contributed by atoms with Gasteiger partial charge in [-0.25, -0.2) is 10.8 Å². The topological polar surface area (TPSA) is 54.2 Å². The van der Waals surface area contributed by atoms with Gasteiger partial charge in [0.05, 0.1) is 5.56 Å². The van der Waals surface area contributed by atoms with Gasteiger partial charge in [0, 0.05) is 12.6 Å². The summed E-state index contributed by atoms with van der Waals surface area (Å²) in [6, 6.07) is 2.17. The third-order valence-electron chi connectivity index (χ3n) is 3.72. The van der Waals surface area contributed by atoms with Crippen LogP contribution in [-0.2, 0) is 6.18 Å². The van der Waals surface area contributed by atoms with Gasteiger partial charge in [-0.2, -0.15) is 13.2 Å². The van der Waals surface area contributed by atoms with Crippen molar-refractivity contribution in [1.29, 1.82) is 0 Å². The van der Waals surface area contributed by atoms with Gasteiger partial charge < -0.3 is 10.3 Å². The highest BCUT2D eigenvalue weighted by Crippen LogP contribution is 2.34. The summed E-state index contributed by atoms with van der Waals surface area (Å²) >= 11 is 0. The molecule has 112 valence electrons. The van der Waals surface area contributed by atoms with E-state index in [1.54, 1.807) is 0 Å². The molecule has 0 aliphatic carbocycles. The zero-order valence-corrected chi connectivity index (χ0v) is 11.5. The summed E-state index contributed by atoms with van der Waals surface area (Å²) in [6.45, 7) is 4.87. The lowest BCUT2D eigenvalue weighted by Crippen LogP contribution is -2.41. The molecule has 20 heavy (non-hydrogen) atoms. The van der Waals surface area contributed by atoms with E-state index in [-0.39, 0.29) is 11.9 Å². The number of piperidine rings is 1. The number of nitrogen functional groups attached to an aromatic ring is 1. The summed E-state index contributed by atoms with van der Waals surface area (Å²) in [5, 5.41) is 0. The zero-order chi connectivity index (χ0) is 14.9. The first kappa shape index (κ1) is 14.9. The van der Waals surface area contributed by atoms with Gasteiger partial charge in [-0.3, -0.25) is 0 Å². The number of nitrogens with zero attached hydrogens (tertiary/aromatic N) is 2. The van der Waals surface area contributed by atoms with Crippen molar-refractivity contribution in [2.24, 2.45) is 11.8 Å². The van der Waals surface area contributed by atoms with Gasteiger partial charge in [0.1, 0.15) is 11.6 Å². The maximum absolute atomic E-state index is 12.9. The molecule has 2 rings (SSSR count). The number of aromatic nitrogens is 1. The van der Waals surface area contributed by atoms with Crippen molar-refractivity contribution in [1.82, 2.24) is 4.98 Å². The van der Waals surface area contributed by atoms with Crippen LogP contribution in [0.15, 0.2) is 12.1 Å². The fourth-order valence-electron chi connectivity index (χ4n) is 2.65. The molecule has 0 radical (unpaired) electrons. The van der Waals surface area contributed by atoms with Crippen LogP contribution in [0.1, 0.15) is 32.3 Å². The summed E-state index contributed by atoms with van der Waals surface area (Å²) in [7, 11) is 0. The van der Waals surface area contributed by atoms with E-state index >= 15 is 0 Å². The van der Waals surface area contributed by atoms with Gasteiger partial charge in [-0.15, -0.1) is 0 Å². The smallest absolute Gasteiger partial charge is 0.354 e. The molecule has 7 heteroatoms. The standard InChI is InChI=1S/C13H19F3N4/c1-8-3-4-20(9(2)5-8)12-7-10(13(14,15)16)6-11(18-12)19-17/h6-9H,3-5,17H2,1-2H3,(H,18,19). The second-order valence-electron chi connectivity index (χ2n) is 5.41. The zero-order valence-electron chi connectivity index (χ0n) is 11.5. The minimum atomic E-state index is -4.41. The SMILES string of the molecule is CC1CCN(c2cc(C(F)(F)F)cc(NN)n2)C(C)C1. The van der Waals surface area contributed by atoms with Crippen LogP contribution >= 0.6 is 0 Å². The lowest BCUT2D eigenvalue weighted by molar-refractivity contribution is -0.137. The third-order valence-corrected chi connectivity index (χ3v) is 3.72. The Hall–Kier alpha value is -1.50. The molecule has 1 aliphatic heterocycles. The molecule has 2 heterocycles. The van der Waals surface area contributed by atoms with Crippen LogP contribution in [-0.4, -0.2) is 17.6 Å². The van der Waals surface area contributed by atoms with Crippen LogP contribution in [0.4, 0.5) is 24.8 Å². The largest absolute Gasteiger partial charge is 0.416 e. The van der Waals surface area contributed by atoms with Crippen molar-refractivity contribution in [3.8, 4) is 0 Å². The molecule has 0 bridgehead atoms. The van der Waals surface area contributed by atoms with Crippen molar-refractivity contribution >= 4 is 11.6 Å². The minimum Gasteiger partial charge on any atom is -0.354 e. The number of nitrogens with two attached hydrogens (primary N) is 1. The van der Waals surface area contributed by atoms with Gasteiger partial charge in [0.25, 0.3) is 0 Å². The molecular weight excluding hydrogens is 269 g/mol. The predicted molar refractivity (Wildman–Crippen MR) is 72.3 cm³/mol. The van der Waals surface area contributed by atoms with E-state index in [2.05, 4.69) is 17.3 Å². The number of hydrogen-bond acceptors (Lipinski definition) is 4. The molecule has 4 nitrogen and oxygen atoms in total. The number of anilines is 2. The Balaban J connectivity index is 2.36. The number of hydrazine groups is 1. The Morgan fingerprint density at radius 2 is 2.05 bits per heavy atom. The molecule has 2 atom stereocenters. The van der Waals surface area contributed by atoms with Crippen LogP contribution in [0.3, 0.4) is 0 Å². The lowest BCUT2D eigenvalue weighted by atomic mass is 9.93. The first-order chi connectivity index (χ1) is 9.31. The summed E-state index contributed by atoms with van der Waals surface area (Å²) < 4.78 is 38.7. The van der Waals surface area contributed by atoms with Gasteiger partial charge in [-0.1, -0.05) is 6.92 Å². The molecule has 1 aromatic heterocycles. The molecule has 1 aliphatic rings. The van der Waals surface area contributed by atoms with Crippen molar-refractivity contribution in [3.63, 3.8) is 0 Å². The maximum atomic E-state index is 12.9. The summed E-state index contributed by atoms with van der Waals surface area (Å²) in [6.07, 6.45) is -2.51. The monoisotopic (exact) mass is 288 g/mol. The van der Waals surface area contributed by atoms with Crippen molar-refractivity contribution in [2.75, 3.05) is 16.9 Å². The van der Waals surface area contributed by atoms with Crippen LogP contribution in [0, 0.1) is 5.92 Å². The number of alkyl halides is 3. The number of pyridine rings is 1. The van der Waals surface area contributed by atoms with Crippen LogP contribution in [0.2, 0.25) is 0 Å². The number of nitrogens with one attached hydrogen (secondary N) is 1. The fourth-order valence-corrected chi connectivity index (χ4v) is 2.65. The van der Waals surface area contributed by atoms with E-state index in [0.29, 0.717) is 18.3 Å². The average Bonchev–Trinajstić information content (AvgIpc) is 2.37. The Kier molecular flexibility index (Phi) is 4.08. The molecule has 1 saturated heterocycles. The van der Waals surface area contributed by atoms with Crippen molar-refractivity contribution < 1.29 is 13.2 Å². The maximum Gasteiger partial charge on any atom is 0.416 e. The van der Waals surface area contributed by atoms with Crippen LogP contribution in [0.25, 0.3) is 0 Å². The summed E-state index contributed by atoms with van der Waals surface area (Å²) in [5.74, 6) is 6.16. The number of rotatable bonds is 2. The molecule has 0 saturated carbocycles. The molecule has 0 amide bonds. The summed E-state index contributed by atoms with van der Waals surface area (Å²) in [4.78, 5) is 6.07. The van der Waals surface area contributed by atoms with E-state index in [1.807, 2.05) is 11.8 Å². The quantitative estimate of drug-likeness (QED) is 0.649. The third kappa shape index (κ3) is 3.15. The van der Waals surface area contributed by atoms with E-state index in [1.165, 1.54) is 0 Å². The highest BCUT2D eigenvalue weighted by atomic mass is 19.4. The second kappa shape index (κ2) is 5.47. The van der Waals surface area contributed by atoms with Gasteiger partial charge in [0.15, 0.2) is 0 Å². The van der Waals surface area contributed by atoms with Crippen LogP contribution in [0.5, 0.6) is 0 Å². The van der Waals surface area contributed by atoms with Crippen molar-refractivity contribution in [3.05, 3.63) is 17.7 Å². The highest BCUT2D eigenvalue weighted by Gasteiger charge is 2.33. The Labute approximate surface area is 116 Å². The molecular formula is C13H19F3N4. The fraction of sp³-hybridized carbons (Fsp3) is 0.615. The molecule has 3 N–H and O–H groups in total. The van der Waals surface area contributed by atoms with Gasteiger partial charge in [0.2, 0.25) is 0 Å². The summed E-state index contributed by atoms with van der Waals surface area (Å²) in [5.41, 5.74) is 1.47. The normalized spacial score (nSPS) is 23.8. The van der Waals surface area contributed by atoms with Gasteiger partial charge >= 0.3 is 6.18 Å². The Morgan fingerprint density at radius 1 is 1.35 bits per heavy atom. The minimum absolute atomic E-state index is 0.0284. The number of hydrogen-bond donors (Lipinski definition) is 2. The molecule has 1 aromatic rings. The second-order valence-corrected chi connectivity index (χ2v) is 5.41. The first-order valence-electron chi connectivity index (χ1n) is 6.64. The molecule has 0 spiro atoms. The molecule has 2 unspecified atom stereocenters. The van der Waals surface area contributed by atoms with E-state index in [9.17, 15) is 13.2 Å². The van der Waals surface area contributed by atoms with Crippen molar-refractivity contribution in [2.45, 2.75) is 38.9 Å². The van der Waals surface area contributed by atoms with E-state index in [4.69, 9.17) is 5.84 Å². The highest BCUT2D eigenvalue weighted by molar-refractivity contribution is 5.51. The van der Waals surface area contributed by atoms with Gasteiger partial charge in [-0.05, 0) is 37.8 Å². The lowest BCUT2D eigenvalue weighted by Gasteiger charge is -2.37. The predicted octanol–water partition coefficient (Wildman–Crippen LogP) is 3.01. The first-order valence-corrected chi connectivity index (χ1v) is 6.64. The van der Waals surface area contributed by atoms with E-state index in [0.717, 1.165) is 25.0 Å². The number of halogens is 3. The molecule has 1 fully saturated rings. The Bertz CT molecular complexity index is 475. The Morgan fingerprint density at radius 3 is 2.60 bits per heavy atom. The average molecular weight is 288 g/mol. The van der Waals surface area contributed by atoms with Crippen LogP contribution < -0.4 is 16.2 Å². The molecule has 0 aromatic carbocycles.